The van der Waals surface area contributed by atoms with E-state index in [0.717, 1.165) is 22.2 Å². The zero-order valence-electron chi connectivity index (χ0n) is 15.3. The summed E-state index contributed by atoms with van der Waals surface area (Å²) in [4.78, 5) is 16.6. The Kier molecular flexibility index (Phi) is 4.01. The maximum absolute atomic E-state index is 13.2. The largest absolute Gasteiger partial charge is 0.493 e. The Morgan fingerprint density at radius 1 is 1.22 bits per heavy atom. The molecule has 1 aromatic heterocycles. The summed E-state index contributed by atoms with van der Waals surface area (Å²) in [5.41, 5.74) is 4.07. The summed E-state index contributed by atoms with van der Waals surface area (Å²) in [6, 6.07) is 13.0. The molecule has 27 heavy (non-hydrogen) atoms. The van der Waals surface area contributed by atoms with Crippen molar-refractivity contribution in [3.8, 4) is 11.8 Å². The number of carbonyl (C=O) groups is 1. The highest BCUT2D eigenvalue weighted by Gasteiger charge is 2.39. The number of nitrogens with one attached hydrogen (secondary N) is 1. The third kappa shape index (κ3) is 2.61. The van der Waals surface area contributed by atoms with Gasteiger partial charge in [0.25, 0.3) is 0 Å². The van der Waals surface area contributed by atoms with E-state index in [2.05, 4.69) is 24.9 Å². The fourth-order valence-electron chi connectivity index (χ4n) is 3.82. The second-order valence-electron chi connectivity index (χ2n) is 7.33. The second kappa shape index (κ2) is 6.26. The first-order valence-electron chi connectivity index (χ1n) is 8.96. The van der Waals surface area contributed by atoms with Crippen molar-refractivity contribution >= 4 is 16.7 Å². The molecule has 136 valence electrons. The van der Waals surface area contributed by atoms with Crippen LogP contribution in [0.4, 0.5) is 0 Å². The number of aromatic amines is 1. The monoisotopic (exact) mass is 360 g/mol. The number of carbonyl (C=O) groups excluding carboxylic acids is 1. The third-order valence-corrected chi connectivity index (χ3v) is 5.26. The molecule has 0 bridgehead atoms. The number of rotatable bonds is 4. The minimum absolute atomic E-state index is 0.0165. The fourth-order valence-corrected chi connectivity index (χ4v) is 3.82. The molecule has 2 aromatic carbocycles. The van der Waals surface area contributed by atoms with Gasteiger partial charge in [-0.1, -0.05) is 19.9 Å². The predicted octanol–water partition coefficient (Wildman–Crippen LogP) is 3.67. The molecule has 4 rings (SSSR count). The van der Waals surface area contributed by atoms with E-state index in [0.29, 0.717) is 35.5 Å². The van der Waals surface area contributed by atoms with Crippen LogP contribution < -0.4 is 4.74 Å². The Bertz CT molecular complexity index is 1100. The number of fused-ring (bicyclic) bond motifs is 4. The zero-order valence-corrected chi connectivity index (χ0v) is 15.3. The molecule has 0 spiro atoms. The number of nitriles is 1. The highest BCUT2D eigenvalue weighted by atomic mass is 16.5. The number of nitrogens with zero attached hydrogens (tertiary/aromatic N) is 1. The average Bonchev–Trinajstić information content (AvgIpc) is 3.06. The van der Waals surface area contributed by atoms with Crippen LogP contribution in [0, 0.1) is 11.3 Å². The lowest BCUT2D eigenvalue weighted by Crippen LogP contribution is -2.30. The highest BCUT2D eigenvalue weighted by molar-refractivity contribution is 6.20. The molecule has 1 aliphatic carbocycles. The molecule has 0 atom stereocenters. The van der Waals surface area contributed by atoms with E-state index in [-0.39, 0.29) is 12.4 Å². The van der Waals surface area contributed by atoms with Crippen LogP contribution in [0.3, 0.4) is 0 Å². The quantitative estimate of drug-likeness (QED) is 0.695. The highest BCUT2D eigenvalue weighted by Crippen LogP contribution is 2.44. The number of ketones is 1. The van der Waals surface area contributed by atoms with Gasteiger partial charge in [0.15, 0.2) is 5.78 Å². The maximum Gasteiger partial charge on any atom is 0.195 e. The molecule has 2 N–H and O–H groups in total. The number of benzene rings is 2. The van der Waals surface area contributed by atoms with Gasteiger partial charge in [0.1, 0.15) is 5.75 Å². The van der Waals surface area contributed by atoms with E-state index in [1.165, 1.54) is 0 Å². The van der Waals surface area contributed by atoms with Crippen LogP contribution in [0.25, 0.3) is 10.9 Å². The molecule has 0 unspecified atom stereocenters. The van der Waals surface area contributed by atoms with Crippen molar-refractivity contribution in [3.63, 3.8) is 0 Å². The Labute approximate surface area is 157 Å². The van der Waals surface area contributed by atoms with Crippen molar-refractivity contribution in [3.05, 3.63) is 64.3 Å². The van der Waals surface area contributed by atoms with Crippen molar-refractivity contribution in [2.45, 2.75) is 25.7 Å². The Morgan fingerprint density at radius 2 is 2.04 bits per heavy atom. The average molecular weight is 360 g/mol. The van der Waals surface area contributed by atoms with Gasteiger partial charge in [0, 0.05) is 40.6 Å². The molecule has 0 fully saturated rings. The second-order valence-corrected chi connectivity index (χ2v) is 7.33. The first-order chi connectivity index (χ1) is 13.0. The predicted molar refractivity (Wildman–Crippen MR) is 102 cm³/mol. The first-order valence-corrected chi connectivity index (χ1v) is 8.96. The lowest BCUT2D eigenvalue weighted by molar-refractivity contribution is 0.103. The van der Waals surface area contributed by atoms with E-state index in [4.69, 9.17) is 15.1 Å². The molecule has 1 heterocycles. The number of hydrogen-bond donors (Lipinski definition) is 2. The summed E-state index contributed by atoms with van der Waals surface area (Å²) >= 11 is 0. The Morgan fingerprint density at radius 3 is 2.78 bits per heavy atom. The van der Waals surface area contributed by atoms with Crippen molar-refractivity contribution in [2.75, 3.05) is 13.2 Å². The van der Waals surface area contributed by atoms with Crippen LogP contribution in [-0.4, -0.2) is 29.1 Å². The maximum atomic E-state index is 13.2. The fraction of sp³-hybridized carbons (Fsp3) is 0.273. The minimum Gasteiger partial charge on any atom is -0.493 e. The molecule has 0 saturated carbocycles. The van der Waals surface area contributed by atoms with Gasteiger partial charge in [-0.2, -0.15) is 5.26 Å². The van der Waals surface area contributed by atoms with Gasteiger partial charge in [-0.25, -0.2) is 0 Å². The molecule has 0 amide bonds. The van der Waals surface area contributed by atoms with Gasteiger partial charge >= 0.3 is 0 Å². The van der Waals surface area contributed by atoms with Crippen LogP contribution in [0.15, 0.2) is 36.4 Å². The SMILES string of the molecule is CC1(C)c2cc(OCCCO)ccc2C(=O)c2c1[nH]c1cc(C#N)ccc21. The summed E-state index contributed by atoms with van der Waals surface area (Å²) in [5.74, 6) is 0.673. The Hall–Kier alpha value is -3.10. The third-order valence-electron chi connectivity index (χ3n) is 5.26. The summed E-state index contributed by atoms with van der Waals surface area (Å²) in [6.07, 6.45) is 0.562. The van der Waals surface area contributed by atoms with Crippen LogP contribution in [0.1, 0.15) is 53.0 Å². The van der Waals surface area contributed by atoms with Crippen molar-refractivity contribution in [2.24, 2.45) is 0 Å². The number of hydrogen-bond acceptors (Lipinski definition) is 4. The summed E-state index contributed by atoms with van der Waals surface area (Å²) < 4.78 is 5.70. The standard InChI is InChI=1S/C22H20N2O3/c1-22(2)17-11-14(27-9-3-8-25)5-7-15(17)20(26)19-16-6-4-13(12-23)10-18(16)24-21(19)22/h4-7,10-11,24-25H,3,8-9H2,1-2H3. The number of aliphatic hydroxyl groups excluding tert-OH is 1. The van der Waals surface area contributed by atoms with Crippen LogP contribution in [-0.2, 0) is 5.41 Å². The molecule has 5 nitrogen and oxygen atoms in total. The van der Waals surface area contributed by atoms with Gasteiger partial charge in [-0.15, -0.1) is 0 Å². The number of aromatic nitrogens is 1. The lowest BCUT2D eigenvalue weighted by Gasteiger charge is -2.32. The smallest absolute Gasteiger partial charge is 0.195 e. The van der Waals surface area contributed by atoms with Crippen LogP contribution >= 0.6 is 0 Å². The van der Waals surface area contributed by atoms with Crippen LogP contribution in [0.5, 0.6) is 5.75 Å². The van der Waals surface area contributed by atoms with E-state index in [9.17, 15) is 4.79 Å². The molecule has 3 aromatic rings. The van der Waals surface area contributed by atoms with E-state index in [1.54, 1.807) is 18.2 Å². The van der Waals surface area contributed by atoms with Gasteiger partial charge in [0.05, 0.1) is 23.8 Å². The van der Waals surface area contributed by atoms with Gasteiger partial charge in [-0.05, 0) is 35.9 Å². The van der Waals surface area contributed by atoms with Gasteiger partial charge < -0.3 is 14.8 Å². The molecular formula is C22H20N2O3. The van der Waals surface area contributed by atoms with E-state index >= 15 is 0 Å². The number of aliphatic hydroxyl groups is 1. The molecule has 1 aliphatic rings. The van der Waals surface area contributed by atoms with Crippen molar-refractivity contribution in [1.29, 1.82) is 5.26 Å². The topological polar surface area (TPSA) is 86.1 Å². The summed E-state index contributed by atoms with van der Waals surface area (Å²) in [7, 11) is 0. The van der Waals surface area contributed by atoms with Crippen LogP contribution in [0.2, 0.25) is 0 Å². The Balaban J connectivity index is 1.86. The summed E-state index contributed by atoms with van der Waals surface area (Å²) in [6.45, 7) is 4.67. The van der Waals surface area contributed by atoms with E-state index < -0.39 is 5.41 Å². The van der Waals surface area contributed by atoms with Gasteiger partial charge in [0.2, 0.25) is 0 Å². The number of H-pyrrole nitrogens is 1. The molecule has 5 heteroatoms. The molecular weight excluding hydrogens is 340 g/mol. The normalized spacial score (nSPS) is 14.5. The minimum atomic E-state index is -0.416. The molecule has 0 radical (unpaired) electrons. The zero-order chi connectivity index (χ0) is 19.2. The molecule has 0 aliphatic heterocycles. The molecule has 0 saturated heterocycles. The van der Waals surface area contributed by atoms with Crippen molar-refractivity contribution < 1.29 is 14.6 Å². The summed E-state index contributed by atoms with van der Waals surface area (Å²) in [5, 5.41) is 18.9. The lowest BCUT2D eigenvalue weighted by atomic mass is 9.71. The van der Waals surface area contributed by atoms with Crippen molar-refractivity contribution in [1.82, 2.24) is 4.98 Å². The van der Waals surface area contributed by atoms with E-state index in [1.807, 2.05) is 18.2 Å². The van der Waals surface area contributed by atoms with Gasteiger partial charge in [-0.3, -0.25) is 4.79 Å². The number of ether oxygens (including phenoxy) is 1. The first kappa shape index (κ1) is 17.3.